The van der Waals surface area contributed by atoms with Crippen LogP contribution in [-0.4, -0.2) is 19.3 Å². The molecule has 8 rings (SSSR count). The van der Waals surface area contributed by atoms with E-state index < -0.39 is 40.1 Å². The molecule has 10 heteroatoms. The smallest absolute Gasteiger partial charge is 0.200 e. The Morgan fingerprint density at radius 3 is 1.89 bits per heavy atom. The summed E-state index contributed by atoms with van der Waals surface area (Å²) in [5, 5.41) is 6.90. The average Bonchev–Trinajstić information content (AvgIpc) is 3.74. The number of nitrogens with zero attached hydrogens (tertiary/aromatic N) is 4. The number of para-hydroxylation sites is 1. The maximum atomic E-state index is 15.7. The standard InChI is InChI=1S/C46H37F5N4O/c1-45(2,3)27-21-22-52-35(23-27)54-33-18-11-10-17-31(33)32-20-19-30(25-34(32)54)56-29-16-12-15-28(24-29)55-44(46(4,5)6)37(43(53-55)26-13-8-7-9-14-26)36-38(47)40(49)42(51)41(50)39(36)48/h7-25H,1-6H3. The first-order valence-corrected chi connectivity index (χ1v) is 18.1. The van der Waals surface area contributed by atoms with Gasteiger partial charge in [-0.25, -0.2) is 31.6 Å². The molecule has 8 aromatic rings. The van der Waals surface area contributed by atoms with E-state index in [4.69, 9.17) is 14.8 Å². The van der Waals surface area contributed by atoms with Crippen LogP contribution in [0.5, 0.6) is 11.5 Å². The first-order chi connectivity index (χ1) is 26.6. The summed E-state index contributed by atoms with van der Waals surface area (Å²) in [7, 11) is 0. The SMILES string of the molecule is CC(C)(C)c1ccnc(-n2c3ccccc3c3ccc(Oc4cccc(-n5nc(-c6ccccc6)c(-c6c(F)c(F)c(F)c(F)c6F)c5C(C)(C)C)c4)cc32)c1. The molecule has 0 spiro atoms. The van der Waals surface area contributed by atoms with Crippen molar-refractivity contribution in [3.8, 4) is 45.4 Å². The zero-order chi connectivity index (χ0) is 39.7. The number of ether oxygens (including phenoxy) is 1. The fraction of sp³-hybridized carbons (Fsp3) is 0.174. The molecule has 0 saturated heterocycles. The molecule has 56 heavy (non-hydrogen) atoms. The maximum Gasteiger partial charge on any atom is 0.200 e. The summed E-state index contributed by atoms with van der Waals surface area (Å²) in [5.74, 6) is -8.43. The van der Waals surface area contributed by atoms with E-state index in [0.717, 1.165) is 33.2 Å². The van der Waals surface area contributed by atoms with E-state index in [0.29, 0.717) is 22.7 Å². The van der Waals surface area contributed by atoms with Gasteiger partial charge >= 0.3 is 0 Å². The van der Waals surface area contributed by atoms with Gasteiger partial charge in [-0.1, -0.05) is 96.1 Å². The summed E-state index contributed by atoms with van der Waals surface area (Å²) in [6, 6.07) is 33.6. The molecule has 0 unspecified atom stereocenters. The van der Waals surface area contributed by atoms with Crippen LogP contribution in [-0.2, 0) is 10.8 Å². The second-order valence-corrected chi connectivity index (χ2v) is 15.8. The predicted octanol–water partition coefficient (Wildman–Crippen LogP) is 12.8. The second-order valence-electron chi connectivity index (χ2n) is 15.8. The highest BCUT2D eigenvalue weighted by molar-refractivity contribution is 6.09. The van der Waals surface area contributed by atoms with Crippen molar-refractivity contribution in [2.75, 3.05) is 0 Å². The van der Waals surface area contributed by atoms with E-state index in [1.54, 1.807) is 75.4 Å². The molecule has 3 heterocycles. The lowest BCUT2D eigenvalue weighted by atomic mass is 9.84. The fourth-order valence-corrected chi connectivity index (χ4v) is 7.24. The maximum absolute atomic E-state index is 15.7. The van der Waals surface area contributed by atoms with Crippen LogP contribution in [0.4, 0.5) is 22.0 Å². The van der Waals surface area contributed by atoms with Crippen molar-refractivity contribution < 1.29 is 26.7 Å². The Bertz CT molecular complexity index is 2780. The third-order valence-electron chi connectivity index (χ3n) is 9.89. The van der Waals surface area contributed by atoms with Crippen molar-refractivity contribution in [2.45, 2.75) is 52.4 Å². The van der Waals surface area contributed by atoms with Crippen molar-refractivity contribution in [2.24, 2.45) is 0 Å². The second kappa shape index (κ2) is 13.5. The first kappa shape index (κ1) is 36.7. The van der Waals surface area contributed by atoms with Gasteiger partial charge in [-0.05, 0) is 53.4 Å². The molecule has 0 aliphatic carbocycles. The predicted molar refractivity (Wildman–Crippen MR) is 210 cm³/mol. The van der Waals surface area contributed by atoms with Crippen LogP contribution < -0.4 is 4.74 Å². The average molecular weight is 757 g/mol. The van der Waals surface area contributed by atoms with Gasteiger partial charge in [-0.3, -0.25) is 4.57 Å². The molecule has 3 aromatic heterocycles. The molecule has 0 saturated carbocycles. The minimum absolute atomic E-state index is 0.0486. The monoisotopic (exact) mass is 756 g/mol. The lowest BCUT2D eigenvalue weighted by Gasteiger charge is -2.23. The summed E-state index contributed by atoms with van der Waals surface area (Å²) >= 11 is 0. The van der Waals surface area contributed by atoms with E-state index in [-0.39, 0.29) is 22.4 Å². The van der Waals surface area contributed by atoms with Crippen molar-refractivity contribution in [3.05, 3.63) is 156 Å². The van der Waals surface area contributed by atoms with Crippen molar-refractivity contribution in [3.63, 3.8) is 0 Å². The Morgan fingerprint density at radius 1 is 0.554 bits per heavy atom. The molecule has 5 aromatic carbocycles. The minimum Gasteiger partial charge on any atom is -0.457 e. The molecular weight excluding hydrogens is 720 g/mol. The Morgan fingerprint density at radius 2 is 1.20 bits per heavy atom. The summed E-state index contributed by atoms with van der Waals surface area (Å²) in [5.41, 5.74) is 1.92. The number of rotatable bonds is 6. The van der Waals surface area contributed by atoms with E-state index in [1.165, 1.54) is 4.68 Å². The summed E-state index contributed by atoms with van der Waals surface area (Å²) in [6.45, 7) is 11.8. The Balaban J connectivity index is 1.28. The van der Waals surface area contributed by atoms with Gasteiger partial charge in [-0.15, -0.1) is 0 Å². The summed E-state index contributed by atoms with van der Waals surface area (Å²) in [6.07, 6.45) is 1.82. The highest BCUT2D eigenvalue weighted by Crippen LogP contribution is 2.45. The number of pyridine rings is 1. The molecular formula is C46H37F5N4O. The largest absolute Gasteiger partial charge is 0.457 e. The number of hydrogen-bond acceptors (Lipinski definition) is 3. The normalized spacial score (nSPS) is 12.2. The van der Waals surface area contributed by atoms with Gasteiger partial charge in [0, 0.05) is 45.6 Å². The zero-order valence-corrected chi connectivity index (χ0v) is 31.6. The lowest BCUT2D eigenvalue weighted by molar-refractivity contribution is 0.381. The van der Waals surface area contributed by atoms with Crippen LogP contribution in [0.15, 0.2) is 115 Å². The minimum atomic E-state index is -2.23. The molecule has 282 valence electrons. The number of halogens is 5. The molecule has 0 atom stereocenters. The van der Waals surface area contributed by atoms with Gasteiger partial charge in [0.25, 0.3) is 0 Å². The zero-order valence-electron chi connectivity index (χ0n) is 31.6. The molecule has 0 aliphatic heterocycles. The van der Waals surface area contributed by atoms with Crippen molar-refractivity contribution in [1.29, 1.82) is 0 Å². The molecule has 0 amide bonds. The van der Waals surface area contributed by atoms with Gasteiger partial charge in [0.1, 0.15) is 23.0 Å². The van der Waals surface area contributed by atoms with Crippen LogP contribution in [0.25, 0.3) is 55.7 Å². The number of aromatic nitrogens is 4. The van der Waals surface area contributed by atoms with E-state index in [2.05, 4.69) is 43.5 Å². The Hall–Kier alpha value is -6.29. The molecule has 5 nitrogen and oxygen atoms in total. The third kappa shape index (κ3) is 6.19. The van der Waals surface area contributed by atoms with Gasteiger partial charge in [0.15, 0.2) is 23.3 Å². The fourth-order valence-electron chi connectivity index (χ4n) is 7.24. The van der Waals surface area contributed by atoms with Crippen molar-refractivity contribution in [1.82, 2.24) is 19.3 Å². The first-order valence-electron chi connectivity index (χ1n) is 18.1. The summed E-state index contributed by atoms with van der Waals surface area (Å²) < 4.78 is 85.3. The van der Waals surface area contributed by atoms with Crippen LogP contribution in [0, 0.1) is 29.1 Å². The van der Waals surface area contributed by atoms with Crippen LogP contribution >= 0.6 is 0 Å². The molecule has 0 aliphatic rings. The highest BCUT2D eigenvalue weighted by Gasteiger charge is 2.36. The topological polar surface area (TPSA) is 44.9 Å². The lowest BCUT2D eigenvalue weighted by Crippen LogP contribution is -2.19. The number of fused-ring (bicyclic) bond motifs is 3. The van der Waals surface area contributed by atoms with E-state index in [9.17, 15) is 13.2 Å². The van der Waals surface area contributed by atoms with Crippen molar-refractivity contribution >= 4 is 21.8 Å². The van der Waals surface area contributed by atoms with Crippen LogP contribution in [0.2, 0.25) is 0 Å². The Labute approximate surface area is 320 Å². The Kier molecular flexibility index (Phi) is 8.82. The molecule has 0 N–H and O–H groups in total. The number of hydrogen-bond donors (Lipinski definition) is 0. The molecule has 0 fully saturated rings. The van der Waals surface area contributed by atoms with Crippen LogP contribution in [0.3, 0.4) is 0 Å². The van der Waals surface area contributed by atoms with Gasteiger partial charge in [0.05, 0.1) is 28.0 Å². The molecule has 0 bridgehead atoms. The molecule has 0 radical (unpaired) electrons. The van der Waals surface area contributed by atoms with E-state index in [1.807, 2.05) is 42.6 Å². The van der Waals surface area contributed by atoms with E-state index >= 15 is 8.78 Å². The quantitative estimate of drug-likeness (QED) is 0.0964. The number of benzene rings is 5. The highest BCUT2D eigenvalue weighted by atomic mass is 19.2. The summed E-state index contributed by atoms with van der Waals surface area (Å²) in [4.78, 5) is 4.77. The van der Waals surface area contributed by atoms with Gasteiger partial charge in [0.2, 0.25) is 5.82 Å². The van der Waals surface area contributed by atoms with Gasteiger partial charge < -0.3 is 4.74 Å². The van der Waals surface area contributed by atoms with Crippen LogP contribution in [0.1, 0.15) is 52.8 Å². The van der Waals surface area contributed by atoms with Gasteiger partial charge in [-0.2, -0.15) is 5.10 Å². The third-order valence-corrected chi connectivity index (χ3v) is 9.89.